The summed E-state index contributed by atoms with van der Waals surface area (Å²) in [5, 5.41) is 3.36. The van der Waals surface area contributed by atoms with Crippen molar-refractivity contribution in [1.82, 2.24) is 10.3 Å². The fraction of sp³-hybridized carbons (Fsp3) is 0.350. The highest BCUT2D eigenvalue weighted by Crippen LogP contribution is 2.39. The summed E-state index contributed by atoms with van der Waals surface area (Å²) in [6.45, 7) is 1.31. The highest BCUT2D eigenvalue weighted by molar-refractivity contribution is 6.31. The van der Waals surface area contributed by atoms with Gasteiger partial charge in [0.1, 0.15) is 12.6 Å². The van der Waals surface area contributed by atoms with Crippen LogP contribution in [-0.2, 0) is 16.0 Å². The molecule has 1 N–H and O–H groups in total. The van der Waals surface area contributed by atoms with Gasteiger partial charge in [-0.1, -0.05) is 41.9 Å². The highest BCUT2D eigenvalue weighted by Gasteiger charge is 2.42. The third kappa shape index (κ3) is 3.62. The summed E-state index contributed by atoms with van der Waals surface area (Å²) in [7, 11) is 0. The summed E-state index contributed by atoms with van der Waals surface area (Å²) in [4.78, 5) is 33.4. The maximum Gasteiger partial charge on any atom is 0.250 e. The molecule has 3 heterocycles. The average molecular weight is 385 g/mol. The first-order valence-corrected chi connectivity index (χ1v) is 9.55. The lowest BCUT2D eigenvalue weighted by Crippen LogP contribution is -2.53. The summed E-state index contributed by atoms with van der Waals surface area (Å²) in [6.07, 6.45) is 4.07. The van der Waals surface area contributed by atoms with Gasteiger partial charge in [-0.2, -0.15) is 0 Å². The van der Waals surface area contributed by atoms with Crippen LogP contribution in [0.5, 0.6) is 0 Å². The molecule has 27 heavy (non-hydrogen) atoms. The zero-order valence-corrected chi connectivity index (χ0v) is 15.7. The van der Waals surface area contributed by atoms with Crippen molar-refractivity contribution in [2.24, 2.45) is 0 Å². The number of anilines is 2. The first kappa shape index (κ1) is 17.8. The first-order valence-electron chi connectivity index (χ1n) is 9.17. The second kappa shape index (κ2) is 7.56. The summed E-state index contributed by atoms with van der Waals surface area (Å²) < 4.78 is 0. The van der Waals surface area contributed by atoms with Crippen LogP contribution >= 0.6 is 11.6 Å². The SMILES string of the molecule is O=C(CN1C(=O)C2CCCN2c2ncc(Cl)cc21)NCCc1ccccc1. The van der Waals surface area contributed by atoms with E-state index in [1.54, 1.807) is 12.3 Å². The van der Waals surface area contributed by atoms with Crippen LogP contribution in [0.4, 0.5) is 11.5 Å². The normalized spacial score (nSPS) is 18.3. The average Bonchev–Trinajstić information content (AvgIpc) is 3.16. The number of halogens is 1. The van der Waals surface area contributed by atoms with Crippen molar-refractivity contribution in [3.05, 3.63) is 53.2 Å². The third-order valence-electron chi connectivity index (χ3n) is 5.06. The number of rotatable bonds is 5. The van der Waals surface area contributed by atoms with Crippen molar-refractivity contribution < 1.29 is 9.59 Å². The van der Waals surface area contributed by atoms with Gasteiger partial charge in [0.05, 0.1) is 10.7 Å². The molecule has 1 atom stereocenters. The molecule has 0 saturated carbocycles. The molecule has 0 spiro atoms. The molecule has 7 heteroatoms. The third-order valence-corrected chi connectivity index (χ3v) is 5.27. The number of hydrogen-bond donors (Lipinski definition) is 1. The van der Waals surface area contributed by atoms with Gasteiger partial charge in [0.15, 0.2) is 5.82 Å². The molecule has 2 aromatic rings. The Hall–Kier alpha value is -2.60. The van der Waals surface area contributed by atoms with Crippen molar-refractivity contribution in [3.63, 3.8) is 0 Å². The topological polar surface area (TPSA) is 65.5 Å². The number of pyridine rings is 1. The number of benzene rings is 1. The number of nitrogens with zero attached hydrogens (tertiary/aromatic N) is 3. The molecule has 1 saturated heterocycles. The summed E-state index contributed by atoms with van der Waals surface area (Å²) in [5.41, 5.74) is 1.78. The molecule has 4 rings (SSSR count). The maximum absolute atomic E-state index is 12.9. The number of aromatic nitrogens is 1. The highest BCUT2D eigenvalue weighted by atomic mass is 35.5. The van der Waals surface area contributed by atoms with E-state index in [1.165, 1.54) is 4.90 Å². The lowest BCUT2D eigenvalue weighted by Gasteiger charge is -2.38. The standard InChI is InChI=1S/C20H21ClN4O2/c21-15-11-17-19(23-12-15)24-10-4-7-16(24)20(27)25(17)13-18(26)22-9-8-14-5-2-1-3-6-14/h1-3,5-6,11-12,16H,4,7-10,13H2,(H,22,26). The van der Waals surface area contributed by atoms with E-state index in [9.17, 15) is 9.59 Å². The van der Waals surface area contributed by atoms with E-state index in [-0.39, 0.29) is 24.4 Å². The van der Waals surface area contributed by atoms with Crippen molar-refractivity contribution in [2.75, 3.05) is 29.4 Å². The van der Waals surface area contributed by atoms with Gasteiger partial charge in [0, 0.05) is 19.3 Å². The number of amides is 2. The second-order valence-electron chi connectivity index (χ2n) is 6.86. The van der Waals surface area contributed by atoms with Crippen LogP contribution < -0.4 is 15.1 Å². The Bertz CT molecular complexity index is 858. The number of fused-ring (bicyclic) bond motifs is 3. The van der Waals surface area contributed by atoms with E-state index in [4.69, 9.17) is 11.6 Å². The molecule has 1 unspecified atom stereocenters. The quantitative estimate of drug-likeness (QED) is 0.859. The molecule has 2 aliphatic rings. The largest absolute Gasteiger partial charge is 0.354 e. The molecular formula is C20H21ClN4O2. The van der Waals surface area contributed by atoms with Gasteiger partial charge >= 0.3 is 0 Å². The molecule has 0 aliphatic carbocycles. The van der Waals surface area contributed by atoms with Gasteiger partial charge in [0.2, 0.25) is 11.8 Å². The molecule has 2 amide bonds. The predicted octanol–water partition coefficient (Wildman–Crippen LogP) is 2.41. The smallest absolute Gasteiger partial charge is 0.250 e. The van der Waals surface area contributed by atoms with Crippen LogP contribution in [0.2, 0.25) is 5.02 Å². The van der Waals surface area contributed by atoms with Gasteiger partial charge in [0.25, 0.3) is 0 Å². The molecule has 2 aliphatic heterocycles. The number of carbonyl (C=O) groups is 2. The maximum atomic E-state index is 12.9. The second-order valence-corrected chi connectivity index (χ2v) is 7.29. The van der Waals surface area contributed by atoms with Gasteiger partial charge < -0.3 is 10.2 Å². The molecule has 1 aromatic heterocycles. The minimum absolute atomic E-state index is 0.0208. The fourth-order valence-corrected chi connectivity index (χ4v) is 3.92. The van der Waals surface area contributed by atoms with E-state index in [0.29, 0.717) is 17.3 Å². The van der Waals surface area contributed by atoms with Crippen LogP contribution in [0.25, 0.3) is 0 Å². The lowest BCUT2D eigenvalue weighted by atomic mass is 10.1. The number of hydrogen-bond acceptors (Lipinski definition) is 4. The lowest BCUT2D eigenvalue weighted by molar-refractivity contribution is -0.124. The fourth-order valence-electron chi connectivity index (χ4n) is 3.77. The van der Waals surface area contributed by atoms with Crippen LogP contribution in [0, 0.1) is 0 Å². The predicted molar refractivity (Wildman–Crippen MR) is 105 cm³/mol. The summed E-state index contributed by atoms with van der Waals surface area (Å²) in [6, 6.07) is 11.5. The minimum atomic E-state index is -0.233. The van der Waals surface area contributed by atoms with Gasteiger partial charge in [-0.25, -0.2) is 4.98 Å². The Morgan fingerprint density at radius 1 is 1.30 bits per heavy atom. The van der Waals surface area contributed by atoms with Crippen molar-refractivity contribution in [3.8, 4) is 0 Å². The molecule has 1 fully saturated rings. The summed E-state index contributed by atoms with van der Waals surface area (Å²) >= 11 is 6.10. The van der Waals surface area contributed by atoms with E-state index in [0.717, 1.165) is 37.2 Å². The van der Waals surface area contributed by atoms with E-state index < -0.39 is 0 Å². The summed E-state index contributed by atoms with van der Waals surface area (Å²) in [5.74, 6) is 0.498. The Labute approximate surface area is 163 Å². The molecule has 0 bridgehead atoms. The molecule has 140 valence electrons. The van der Waals surface area contributed by atoms with Crippen molar-refractivity contribution >= 4 is 34.9 Å². The minimum Gasteiger partial charge on any atom is -0.354 e. The van der Waals surface area contributed by atoms with Gasteiger partial charge in [-0.05, 0) is 30.9 Å². The van der Waals surface area contributed by atoms with E-state index in [2.05, 4.69) is 10.3 Å². The first-order chi connectivity index (χ1) is 13.1. The van der Waals surface area contributed by atoms with E-state index >= 15 is 0 Å². The van der Waals surface area contributed by atoms with Crippen molar-refractivity contribution in [2.45, 2.75) is 25.3 Å². The zero-order valence-electron chi connectivity index (χ0n) is 14.9. The Balaban J connectivity index is 1.46. The van der Waals surface area contributed by atoms with Gasteiger partial charge in [-0.3, -0.25) is 14.5 Å². The Morgan fingerprint density at radius 3 is 2.93 bits per heavy atom. The van der Waals surface area contributed by atoms with Crippen LogP contribution in [0.15, 0.2) is 42.6 Å². The van der Waals surface area contributed by atoms with Crippen molar-refractivity contribution in [1.29, 1.82) is 0 Å². The Kier molecular flexibility index (Phi) is 4.99. The number of carbonyl (C=O) groups excluding carboxylic acids is 2. The monoisotopic (exact) mass is 384 g/mol. The zero-order chi connectivity index (χ0) is 18.8. The van der Waals surface area contributed by atoms with Crippen LogP contribution in [-0.4, -0.2) is 42.5 Å². The van der Waals surface area contributed by atoms with E-state index in [1.807, 2.05) is 35.2 Å². The van der Waals surface area contributed by atoms with Crippen LogP contribution in [0.3, 0.4) is 0 Å². The molecule has 6 nitrogen and oxygen atoms in total. The van der Waals surface area contributed by atoms with Gasteiger partial charge in [-0.15, -0.1) is 0 Å². The molecule has 1 aromatic carbocycles. The molecular weight excluding hydrogens is 364 g/mol. The number of nitrogens with one attached hydrogen (secondary N) is 1. The Morgan fingerprint density at radius 2 is 2.11 bits per heavy atom. The van der Waals surface area contributed by atoms with Crippen LogP contribution in [0.1, 0.15) is 18.4 Å². The molecule has 0 radical (unpaired) electrons.